The molecule has 0 saturated carbocycles. The Hall–Kier alpha value is -6.05. The summed E-state index contributed by atoms with van der Waals surface area (Å²) in [6.07, 6.45) is 9.05. The number of Topliss-reactive ketones (excluding diaryl/α,β-unsaturated/α-hetero) is 1. The summed E-state index contributed by atoms with van der Waals surface area (Å²) in [4.78, 5) is 27.0. The molecule has 0 radical (unpaired) electrons. The quantitative estimate of drug-likeness (QED) is 0.169. The summed E-state index contributed by atoms with van der Waals surface area (Å²) in [5.41, 5.74) is 9.76. The number of benzene rings is 3. The first-order valence-electron chi connectivity index (χ1n) is 18.3. The van der Waals surface area contributed by atoms with Gasteiger partial charge in [0.25, 0.3) is 0 Å². The molecule has 2 N–H and O–H groups in total. The molecule has 9 rings (SSSR count). The SMILES string of the molecule is C[C@H]1C(=O)c2cc3occ[nH]c2C(=C1O)c1cc2c(cc4cncc1-4)C(=NCC3)C(COC(c1ccccc1)(c1ccccc1)c1ccccc1)CC2. The number of aliphatic hydroxyl groups is 1. The van der Waals surface area contributed by atoms with Crippen molar-refractivity contribution in [2.75, 3.05) is 13.2 Å². The Morgan fingerprint density at radius 2 is 1.51 bits per heavy atom. The van der Waals surface area contributed by atoms with E-state index in [2.05, 4.69) is 94.9 Å². The highest BCUT2D eigenvalue weighted by molar-refractivity contribution is 6.10. The van der Waals surface area contributed by atoms with Gasteiger partial charge in [-0.25, -0.2) is 0 Å². The smallest absolute Gasteiger partial charge is 0.175 e. The number of aryl methyl sites for hydroxylation is 1. The zero-order valence-corrected chi connectivity index (χ0v) is 29.5. The second-order valence-electron chi connectivity index (χ2n) is 14.1. The normalized spacial score (nSPS) is 17.9. The lowest BCUT2D eigenvalue weighted by molar-refractivity contribution is 0.000838. The number of aliphatic imine (C=N–C) groups is 1. The number of aromatic amines is 1. The van der Waals surface area contributed by atoms with E-state index in [9.17, 15) is 9.90 Å². The van der Waals surface area contributed by atoms with E-state index in [-0.39, 0.29) is 17.5 Å². The second-order valence-corrected chi connectivity index (χ2v) is 14.1. The molecular weight excluding hydrogens is 659 g/mol. The Kier molecular flexibility index (Phi) is 8.36. The number of nitrogens with zero attached hydrogens (tertiary/aromatic N) is 2. The molecule has 0 amide bonds. The summed E-state index contributed by atoms with van der Waals surface area (Å²) in [6, 6.07) is 37.6. The molecule has 5 aliphatic rings. The van der Waals surface area contributed by atoms with Crippen LogP contribution < -0.4 is 0 Å². The van der Waals surface area contributed by atoms with Gasteiger partial charge in [-0.15, -0.1) is 0 Å². The number of ether oxygens (including phenoxy) is 1. The van der Waals surface area contributed by atoms with Crippen LogP contribution in [0.2, 0.25) is 0 Å². The van der Waals surface area contributed by atoms with E-state index >= 15 is 0 Å². The molecule has 8 bridgehead atoms. The number of H-pyrrole nitrogens is 1. The maximum atomic E-state index is 13.7. The van der Waals surface area contributed by atoms with E-state index in [1.165, 1.54) is 0 Å². The Labute approximate surface area is 308 Å². The fourth-order valence-corrected chi connectivity index (χ4v) is 8.34. The first-order chi connectivity index (χ1) is 26.0. The van der Waals surface area contributed by atoms with E-state index in [1.807, 2.05) is 36.7 Å². The number of carbonyl (C=O) groups is 1. The summed E-state index contributed by atoms with van der Waals surface area (Å²) in [6.45, 7) is 2.63. The van der Waals surface area contributed by atoms with Crippen molar-refractivity contribution in [3.05, 3.63) is 190 Å². The maximum Gasteiger partial charge on any atom is 0.175 e. The van der Waals surface area contributed by atoms with Crippen molar-refractivity contribution in [3.63, 3.8) is 0 Å². The van der Waals surface area contributed by atoms with Gasteiger partial charge in [0.1, 0.15) is 23.4 Å². The van der Waals surface area contributed by atoms with Gasteiger partial charge in [-0.2, -0.15) is 0 Å². The minimum atomic E-state index is -0.863. The molecule has 7 heteroatoms. The van der Waals surface area contributed by atoms with Crippen LogP contribution in [0, 0.1) is 11.8 Å². The number of fused-ring (bicyclic) bond motifs is 5. The van der Waals surface area contributed by atoms with E-state index in [0.29, 0.717) is 42.2 Å². The molecule has 3 aliphatic carbocycles. The fourth-order valence-electron chi connectivity index (χ4n) is 8.34. The van der Waals surface area contributed by atoms with Crippen LogP contribution in [0.25, 0.3) is 16.7 Å². The lowest BCUT2D eigenvalue weighted by atomic mass is 9.79. The summed E-state index contributed by atoms with van der Waals surface area (Å²) >= 11 is 0. The molecule has 4 aromatic rings. The van der Waals surface area contributed by atoms with Crippen molar-refractivity contribution in [3.8, 4) is 11.1 Å². The Bertz CT molecular complexity index is 2310. The van der Waals surface area contributed by atoms with Crippen LogP contribution in [-0.4, -0.2) is 39.7 Å². The van der Waals surface area contributed by atoms with Gasteiger partial charge < -0.3 is 19.2 Å². The molecule has 53 heavy (non-hydrogen) atoms. The van der Waals surface area contributed by atoms with Gasteiger partial charge in [-0.1, -0.05) is 91.0 Å². The average Bonchev–Trinajstić information content (AvgIpc) is 3.59. The lowest BCUT2D eigenvalue weighted by Crippen LogP contribution is -2.37. The molecule has 0 spiro atoms. The van der Waals surface area contributed by atoms with Gasteiger partial charge in [0.15, 0.2) is 5.78 Å². The van der Waals surface area contributed by atoms with Gasteiger partial charge in [0, 0.05) is 65.4 Å². The Morgan fingerprint density at radius 1 is 0.830 bits per heavy atom. The second kappa shape index (κ2) is 13.5. The minimum Gasteiger partial charge on any atom is -0.511 e. The van der Waals surface area contributed by atoms with Gasteiger partial charge >= 0.3 is 0 Å². The largest absolute Gasteiger partial charge is 0.511 e. The summed E-state index contributed by atoms with van der Waals surface area (Å²) in [7, 11) is 0. The molecular formula is C46H39N3O4. The first-order valence-corrected chi connectivity index (χ1v) is 18.3. The fraction of sp³-hybridized carbons (Fsp3) is 0.196. The van der Waals surface area contributed by atoms with Crippen LogP contribution in [0.15, 0.2) is 149 Å². The monoisotopic (exact) mass is 697 g/mol. The highest BCUT2D eigenvalue weighted by atomic mass is 16.5. The highest BCUT2D eigenvalue weighted by Crippen LogP contribution is 2.45. The number of aliphatic hydroxyl groups excluding tert-OH is 1. The highest BCUT2D eigenvalue weighted by Gasteiger charge is 2.40. The van der Waals surface area contributed by atoms with Gasteiger partial charge in [-0.3, -0.25) is 14.8 Å². The topological polar surface area (TPSA) is 101 Å². The molecule has 0 fully saturated rings. The van der Waals surface area contributed by atoms with Crippen LogP contribution in [0.3, 0.4) is 0 Å². The molecule has 1 aromatic heterocycles. The van der Waals surface area contributed by atoms with E-state index in [4.69, 9.17) is 14.1 Å². The predicted octanol–water partition coefficient (Wildman–Crippen LogP) is 9.30. The number of aromatic nitrogens is 2. The Balaban J connectivity index is 1.22. The van der Waals surface area contributed by atoms with Crippen LogP contribution in [0.4, 0.5) is 0 Å². The maximum absolute atomic E-state index is 13.7. The van der Waals surface area contributed by atoms with Crippen LogP contribution in [0.1, 0.15) is 68.5 Å². The zero-order valence-electron chi connectivity index (χ0n) is 29.5. The third kappa shape index (κ3) is 5.60. The van der Waals surface area contributed by atoms with Gasteiger partial charge in [0.2, 0.25) is 0 Å². The van der Waals surface area contributed by atoms with E-state index in [1.54, 1.807) is 19.4 Å². The number of hydrogen-bond acceptors (Lipinski definition) is 6. The van der Waals surface area contributed by atoms with Crippen molar-refractivity contribution < 1.29 is 19.1 Å². The van der Waals surface area contributed by atoms with Crippen LogP contribution >= 0.6 is 0 Å². The lowest BCUT2D eigenvalue weighted by Gasteiger charge is -2.38. The number of hydrogen-bond donors (Lipinski definition) is 2. The first kappa shape index (κ1) is 32.8. The number of nitrogens with one attached hydrogen (secondary N) is 1. The van der Waals surface area contributed by atoms with E-state index in [0.717, 1.165) is 63.1 Å². The van der Waals surface area contributed by atoms with Crippen LogP contribution in [-0.2, 0) is 23.2 Å². The Morgan fingerprint density at radius 3 is 2.19 bits per heavy atom. The van der Waals surface area contributed by atoms with Gasteiger partial charge in [0.05, 0.1) is 18.2 Å². The molecule has 3 aromatic carbocycles. The molecule has 1 unspecified atom stereocenters. The minimum absolute atomic E-state index is 0.0255. The van der Waals surface area contributed by atoms with Crippen molar-refractivity contribution in [1.29, 1.82) is 0 Å². The van der Waals surface area contributed by atoms with E-state index < -0.39 is 11.5 Å². The molecule has 7 nitrogen and oxygen atoms in total. The molecule has 3 heterocycles. The standard InChI is InChI=1S/C46H39N3O4/c1-29-44(50)39-25-36-19-20-48-42-31(28-53-46(33-11-5-2-6-12-33,34-13-7-3-8-14-34)35-15-9-4-10-16-35)18-17-30-23-38(40-27-47-26-32(40)24-37(30)42)41(45(29)51)43(39)49-21-22-52-36/h2-16,21-27,29,31,49,51H,17-20,28H2,1H3/t29-,31?/m0/s1. The number of allylic oxidation sites excluding steroid dienone is 1. The van der Waals surface area contributed by atoms with Gasteiger partial charge in [-0.05, 0) is 71.3 Å². The predicted molar refractivity (Wildman–Crippen MR) is 206 cm³/mol. The number of carbonyl (C=O) groups excluding carboxylic acids is 1. The van der Waals surface area contributed by atoms with Crippen molar-refractivity contribution in [2.24, 2.45) is 16.8 Å². The molecule has 2 aliphatic heterocycles. The van der Waals surface area contributed by atoms with Crippen LogP contribution in [0.5, 0.6) is 0 Å². The summed E-state index contributed by atoms with van der Waals surface area (Å²) < 4.78 is 13.4. The third-order valence-electron chi connectivity index (χ3n) is 11.0. The van der Waals surface area contributed by atoms with Crippen molar-refractivity contribution in [2.45, 2.75) is 31.8 Å². The number of rotatable bonds is 6. The van der Waals surface area contributed by atoms with Crippen molar-refractivity contribution in [1.82, 2.24) is 9.97 Å². The van der Waals surface area contributed by atoms with Crippen molar-refractivity contribution >= 4 is 17.1 Å². The summed E-state index contributed by atoms with van der Waals surface area (Å²) in [5.74, 6) is -0.236. The zero-order chi connectivity index (χ0) is 35.9. The summed E-state index contributed by atoms with van der Waals surface area (Å²) in [5, 5.41) is 11.8. The molecule has 0 saturated heterocycles. The average molecular weight is 698 g/mol. The molecule has 2 atom stereocenters. The number of ketones is 1. The molecule has 262 valence electrons. The third-order valence-corrected chi connectivity index (χ3v) is 11.0.